The van der Waals surface area contributed by atoms with Crippen LogP contribution in [0.5, 0.6) is 0 Å². The fourth-order valence-electron chi connectivity index (χ4n) is 2.12. The van der Waals surface area contributed by atoms with E-state index in [1.807, 2.05) is 24.3 Å². The average molecular weight is 282 g/mol. The molecule has 1 aliphatic heterocycles. The lowest BCUT2D eigenvalue weighted by molar-refractivity contribution is -0.123. The summed E-state index contributed by atoms with van der Waals surface area (Å²) >= 11 is 0. The second-order valence-corrected chi connectivity index (χ2v) is 7.09. The SMILES string of the molecule is CS(=O)(=O)CCNC(=O)C1Cc2ccccc2CN1. The van der Waals surface area contributed by atoms with Crippen molar-refractivity contribution in [2.24, 2.45) is 0 Å². The molecule has 1 aliphatic rings. The average Bonchev–Trinajstić information content (AvgIpc) is 2.36. The summed E-state index contributed by atoms with van der Waals surface area (Å²) in [6.45, 7) is 0.831. The highest BCUT2D eigenvalue weighted by Crippen LogP contribution is 2.16. The molecule has 1 unspecified atom stereocenters. The van der Waals surface area contributed by atoms with Gasteiger partial charge in [-0.1, -0.05) is 24.3 Å². The van der Waals surface area contributed by atoms with Gasteiger partial charge in [0.15, 0.2) is 0 Å². The molecule has 1 aromatic carbocycles. The first kappa shape index (κ1) is 14.0. The highest BCUT2D eigenvalue weighted by molar-refractivity contribution is 7.90. The Hall–Kier alpha value is -1.40. The van der Waals surface area contributed by atoms with Crippen molar-refractivity contribution < 1.29 is 13.2 Å². The zero-order chi connectivity index (χ0) is 13.9. The van der Waals surface area contributed by atoms with Crippen LogP contribution >= 0.6 is 0 Å². The van der Waals surface area contributed by atoms with Gasteiger partial charge in [0.25, 0.3) is 0 Å². The molecule has 0 aliphatic carbocycles. The first-order valence-corrected chi connectivity index (χ1v) is 8.27. The Balaban J connectivity index is 1.89. The van der Waals surface area contributed by atoms with Gasteiger partial charge in [-0.2, -0.15) is 0 Å². The minimum Gasteiger partial charge on any atom is -0.354 e. The van der Waals surface area contributed by atoms with Gasteiger partial charge in [0, 0.05) is 19.3 Å². The summed E-state index contributed by atoms with van der Waals surface area (Å²) in [5.41, 5.74) is 2.38. The predicted molar refractivity (Wildman–Crippen MR) is 73.5 cm³/mol. The minimum atomic E-state index is -3.03. The highest BCUT2D eigenvalue weighted by atomic mass is 32.2. The summed E-state index contributed by atoms with van der Waals surface area (Å²) in [7, 11) is -3.03. The number of sulfone groups is 1. The lowest BCUT2D eigenvalue weighted by atomic mass is 9.95. The first-order chi connectivity index (χ1) is 8.96. The van der Waals surface area contributed by atoms with E-state index in [1.54, 1.807) is 0 Å². The topological polar surface area (TPSA) is 75.3 Å². The molecule has 1 amide bonds. The fraction of sp³-hybridized carbons (Fsp3) is 0.462. The Kier molecular flexibility index (Phi) is 4.21. The minimum absolute atomic E-state index is 0.0257. The molecule has 1 aromatic rings. The van der Waals surface area contributed by atoms with Gasteiger partial charge in [-0.15, -0.1) is 0 Å². The van der Waals surface area contributed by atoms with Gasteiger partial charge < -0.3 is 10.6 Å². The van der Waals surface area contributed by atoms with E-state index in [0.717, 1.165) is 6.26 Å². The van der Waals surface area contributed by atoms with Crippen molar-refractivity contribution in [1.82, 2.24) is 10.6 Å². The number of hydrogen-bond acceptors (Lipinski definition) is 4. The van der Waals surface area contributed by atoms with Crippen LogP contribution in [-0.2, 0) is 27.6 Å². The van der Waals surface area contributed by atoms with Crippen LogP contribution in [-0.4, -0.2) is 38.9 Å². The largest absolute Gasteiger partial charge is 0.354 e. The molecule has 0 spiro atoms. The van der Waals surface area contributed by atoms with Crippen LogP contribution in [0.2, 0.25) is 0 Å². The van der Waals surface area contributed by atoms with Crippen LogP contribution < -0.4 is 10.6 Å². The number of fused-ring (bicyclic) bond motifs is 1. The third kappa shape index (κ3) is 4.04. The van der Waals surface area contributed by atoms with Crippen molar-refractivity contribution in [1.29, 1.82) is 0 Å². The van der Waals surface area contributed by atoms with Gasteiger partial charge in [0.2, 0.25) is 5.91 Å². The number of benzene rings is 1. The highest BCUT2D eigenvalue weighted by Gasteiger charge is 2.23. The summed E-state index contributed by atoms with van der Waals surface area (Å²) in [6.07, 6.45) is 1.80. The molecule has 0 bridgehead atoms. The number of amides is 1. The Labute approximate surface area is 113 Å². The lowest BCUT2D eigenvalue weighted by Crippen LogP contribution is -2.48. The molecule has 1 heterocycles. The first-order valence-electron chi connectivity index (χ1n) is 6.21. The molecular formula is C13H18N2O3S. The quantitative estimate of drug-likeness (QED) is 0.806. The Morgan fingerprint density at radius 1 is 1.37 bits per heavy atom. The van der Waals surface area contributed by atoms with Crippen LogP contribution in [0.3, 0.4) is 0 Å². The Bertz CT molecular complexity index is 569. The van der Waals surface area contributed by atoms with E-state index in [-0.39, 0.29) is 24.2 Å². The smallest absolute Gasteiger partial charge is 0.237 e. The van der Waals surface area contributed by atoms with Crippen LogP contribution in [0.25, 0.3) is 0 Å². The van der Waals surface area contributed by atoms with Crippen molar-refractivity contribution in [2.75, 3.05) is 18.6 Å². The molecule has 5 nitrogen and oxygen atoms in total. The van der Waals surface area contributed by atoms with E-state index in [9.17, 15) is 13.2 Å². The molecule has 6 heteroatoms. The maximum absolute atomic E-state index is 11.9. The number of hydrogen-bond donors (Lipinski definition) is 2. The van der Waals surface area contributed by atoms with Crippen molar-refractivity contribution in [3.05, 3.63) is 35.4 Å². The zero-order valence-electron chi connectivity index (χ0n) is 10.8. The number of carbonyl (C=O) groups excluding carboxylic acids is 1. The third-order valence-electron chi connectivity index (χ3n) is 3.17. The molecule has 2 N–H and O–H groups in total. The van der Waals surface area contributed by atoms with Gasteiger partial charge in [0.05, 0.1) is 11.8 Å². The van der Waals surface area contributed by atoms with Gasteiger partial charge in [0.1, 0.15) is 9.84 Å². The van der Waals surface area contributed by atoms with Gasteiger partial charge in [-0.3, -0.25) is 4.79 Å². The van der Waals surface area contributed by atoms with E-state index in [0.29, 0.717) is 13.0 Å². The van der Waals surface area contributed by atoms with Crippen molar-refractivity contribution in [3.63, 3.8) is 0 Å². The van der Waals surface area contributed by atoms with Gasteiger partial charge >= 0.3 is 0 Å². The monoisotopic (exact) mass is 282 g/mol. The Morgan fingerprint density at radius 3 is 2.74 bits per heavy atom. The second kappa shape index (κ2) is 5.71. The van der Waals surface area contributed by atoms with Crippen LogP contribution in [0.4, 0.5) is 0 Å². The van der Waals surface area contributed by atoms with Crippen molar-refractivity contribution in [2.45, 2.75) is 19.0 Å². The molecule has 0 aromatic heterocycles. The maximum atomic E-state index is 11.9. The summed E-state index contributed by atoms with van der Waals surface area (Å²) in [6, 6.07) is 7.72. The Morgan fingerprint density at radius 2 is 2.05 bits per heavy atom. The van der Waals surface area contributed by atoms with Crippen LogP contribution in [0, 0.1) is 0 Å². The predicted octanol–water partition coefficient (Wildman–Crippen LogP) is -0.138. The molecule has 0 fully saturated rings. The number of rotatable bonds is 4. The normalized spacial score (nSPS) is 18.7. The van der Waals surface area contributed by atoms with Crippen molar-refractivity contribution in [3.8, 4) is 0 Å². The maximum Gasteiger partial charge on any atom is 0.237 e. The van der Waals surface area contributed by atoms with Crippen molar-refractivity contribution >= 4 is 15.7 Å². The molecule has 0 saturated heterocycles. The molecule has 104 valence electrons. The number of carbonyl (C=O) groups is 1. The molecular weight excluding hydrogens is 264 g/mol. The van der Waals surface area contributed by atoms with Gasteiger partial charge in [-0.05, 0) is 17.5 Å². The fourth-order valence-corrected chi connectivity index (χ4v) is 2.60. The molecule has 0 saturated carbocycles. The van der Waals surface area contributed by atoms with E-state index < -0.39 is 9.84 Å². The van der Waals surface area contributed by atoms with E-state index in [2.05, 4.69) is 10.6 Å². The molecule has 2 rings (SSSR count). The van der Waals surface area contributed by atoms with Gasteiger partial charge in [-0.25, -0.2) is 8.42 Å². The van der Waals surface area contributed by atoms with E-state index >= 15 is 0 Å². The van der Waals surface area contributed by atoms with E-state index in [4.69, 9.17) is 0 Å². The number of nitrogens with one attached hydrogen (secondary N) is 2. The van der Waals surface area contributed by atoms with Crippen LogP contribution in [0.1, 0.15) is 11.1 Å². The lowest BCUT2D eigenvalue weighted by Gasteiger charge is -2.25. The molecule has 1 atom stereocenters. The molecule has 0 radical (unpaired) electrons. The summed E-state index contributed by atoms with van der Waals surface area (Å²) in [5, 5.41) is 5.82. The second-order valence-electron chi connectivity index (χ2n) is 4.83. The zero-order valence-corrected chi connectivity index (χ0v) is 11.7. The standard InChI is InChI=1S/C13H18N2O3S/c1-19(17,18)7-6-14-13(16)12-8-10-4-2-3-5-11(10)9-15-12/h2-5,12,15H,6-9H2,1H3,(H,14,16). The summed E-state index contributed by atoms with van der Waals surface area (Å²) in [4.78, 5) is 11.9. The third-order valence-corrected chi connectivity index (χ3v) is 4.12. The summed E-state index contributed by atoms with van der Waals surface area (Å²) < 4.78 is 22.0. The van der Waals surface area contributed by atoms with Crippen LogP contribution in [0.15, 0.2) is 24.3 Å². The molecule has 19 heavy (non-hydrogen) atoms. The summed E-state index contributed by atoms with van der Waals surface area (Å²) in [5.74, 6) is -0.166. The van der Waals surface area contributed by atoms with E-state index in [1.165, 1.54) is 11.1 Å².